The van der Waals surface area contributed by atoms with Crippen LogP contribution in [0.2, 0.25) is 0 Å². The molecule has 0 aliphatic heterocycles. The zero-order chi connectivity index (χ0) is 16.2. The number of rotatable bonds is 5. The summed E-state index contributed by atoms with van der Waals surface area (Å²) in [4.78, 5) is 11.7. The zero-order valence-corrected chi connectivity index (χ0v) is 15.2. The second kappa shape index (κ2) is 7.34. The fourth-order valence-corrected chi connectivity index (χ4v) is 3.56. The van der Waals surface area contributed by atoms with Gasteiger partial charge in [0.25, 0.3) is 0 Å². The fourth-order valence-electron chi connectivity index (χ4n) is 3.05. The van der Waals surface area contributed by atoms with Gasteiger partial charge >= 0.3 is 5.97 Å². The largest absolute Gasteiger partial charge is 0.466 e. The van der Waals surface area contributed by atoms with Crippen LogP contribution in [-0.4, -0.2) is 12.6 Å². The monoisotopic (exact) mass is 422 g/mol. The van der Waals surface area contributed by atoms with Crippen molar-refractivity contribution < 1.29 is 14.3 Å². The summed E-state index contributed by atoms with van der Waals surface area (Å²) in [5.74, 6) is 1.86. The fraction of sp³-hybridized carbons (Fsp3) is 0.316. The number of halogens is 1. The number of hydrogen-bond acceptors (Lipinski definition) is 3. The summed E-state index contributed by atoms with van der Waals surface area (Å²) in [5.41, 5.74) is 2.54. The van der Waals surface area contributed by atoms with Gasteiger partial charge in [-0.2, -0.15) is 0 Å². The van der Waals surface area contributed by atoms with Gasteiger partial charge < -0.3 is 9.47 Å². The summed E-state index contributed by atoms with van der Waals surface area (Å²) in [5, 5.41) is 0. The third-order valence-electron chi connectivity index (χ3n) is 4.07. The molecule has 0 saturated heterocycles. The van der Waals surface area contributed by atoms with Crippen LogP contribution in [0.25, 0.3) is 0 Å². The maximum atomic E-state index is 11.7. The molecule has 3 nitrogen and oxygen atoms in total. The van der Waals surface area contributed by atoms with E-state index in [0.29, 0.717) is 13.0 Å². The Morgan fingerprint density at radius 1 is 1.22 bits per heavy atom. The summed E-state index contributed by atoms with van der Waals surface area (Å²) >= 11 is 2.27. The molecule has 0 aromatic heterocycles. The Morgan fingerprint density at radius 2 is 2.04 bits per heavy atom. The molecule has 0 bridgehead atoms. The molecular formula is C19H19IO3. The van der Waals surface area contributed by atoms with Gasteiger partial charge in [-0.1, -0.05) is 12.1 Å². The van der Waals surface area contributed by atoms with Crippen molar-refractivity contribution in [3.63, 3.8) is 0 Å². The summed E-state index contributed by atoms with van der Waals surface area (Å²) in [6.07, 6.45) is 2.46. The molecule has 0 fully saturated rings. The third-order valence-corrected chi connectivity index (χ3v) is 4.74. The molecule has 2 aromatic rings. The van der Waals surface area contributed by atoms with Crippen molar-refractivity contribution in [1.82, 2.24) is 0 Å². The summed E-state index contributed by atoms with van der Waals surface area (Å²) in [7, 11) is 0. The summed E-state index contributed by atoms with van der Waals surface area (Å²) in [6.45, 7) is 2.29. The molecule has 3 rings (SSSR count). The number of ether oxygens (including phenoxy) is 2. The Morgan fingerprint density at radius 3 is 2.83 bits per heavy atom. The molecule has 4 heteroatoms. The van der Waals surface area contributed by atoms with Crippen LogP contribution >= 0.6 is 22.6 Å². The molecule has 0 unspecified atom stereocenters. The van der Waals surface area contributed by atoms with Crippen molar-refractivity contribution in [2.75, 3.05) is 6.61 Å². The number of hydrogen-bond donors (Lipinski definition) is 0. The smallest absolute Gasteiger partial charge is 0.306 e. The highest BCUT2D eigenvalue weighted by Gasteiger charge is 2.25. The minimum absolute atomic E-state index is 0.107. The van der Waals surface area contributed by atoms with E-state index in [9.17, 15) is 4.79 Å². The minimum Gasteiger partial charge on any atom is -0.466 e. The molecule has 0 saturated carbocycles. The maximum absolute atomic E-state index is 11.7. The lowest BCUT2D eigenvalue weighted by atomic mass is 9.98. The molecule has 0 spiro atoms. The van der Waals surface area contributed by atoms with Crippen LogP contribution in [0.4, 0.5) is 0 Å². The van der Waals surface area contributed by atoms with E-state index in [0.717, 1.165) is 27.9 Å². The summed E-state index contributed by atoms with van der Waals surface area (Å²) < 4.78 is 12.2. The Labute approximate surface area is 150 Å². The van der Waals surface area contributed by atoms with Crippen LogP contribution in [0.3, 0.4) is 0 Å². The minimum atomic E-state index is -0.107. The van der Waals surface area contributed by atoms with Gasteiger partial charge in [-0.05, 0) is 89.7 Å². The molecule has 0 heterocycles. The Bertz CT molecular complexity index is 712. The highest BCUT2D eigenvalue weighted by Crippen LogP contribution is 2.38. The first-order valence-electron chi connectivity index (χ1n) is 7.87. The van der Waals surface area contributed by atoms with Crippen LogP contribution < -0.4 is 4.74 Å². The maximum Gasteiger partial charge on any atom is 0.306 e. The molecule has 1 atom stereocenters. The van der Waals surface area contributed by atoms with Gasteiger partial charge in [0, 0.05) is 3.57 Å². The zero-order valence-electron chi connectivity index (χ0n) is 13.0. The number of carbonyl (C=O) groups is 1. The van der Waals surface area contributed by atoms with Gasteiger partial charge in [-0.15, -0.1) is 0 Å². The molecule has 0 N–H and O–H groups in total. The highest BCUT2D eigenvalue weighted by molar-refractivity contribution is 14.1. The second-order valence-corrected chi connectivity index (χ2v) is 6.91. The van der Waals surface area contributed by atoms with E-state index in [1.54, 1.807) is 0 Å². The quantitative estimate of drug-likeness (QED) is 0.499. The average molecular weight is 422 g/mol. The average Bonchev–Trinajstić information content (AvgIpc) is 2.90. The molecule has 1 aliphatic rings. The number of aryl methyl sites for hydroxylation is 1. The van der Waals surface area contributed by atoms with Gasteiger partial charge in [0.2, 0.25) is 0 Å². The first-order valence-corrected chi connectivity index (χ1v) is 8.95. The van der Waals surface area contributed by atoms with Crippen molar-refractivity contribution in [2.45, 2.75) is 32.1 Å². The van der Waals surface area contributed by atoms with Gasteiger partial charge in [-0.3, -0.25) is 4.79 Å². The lowest BCUT2D eigenvalue weighted by Gasteiger charge is -2.12. The molecule has 1 aliphatic carbocycles. The topological polar surface area (TPSA) is 35.5 Å². The predicted octanol–water partition coefficient (Wildman–Crippen LogP) is 5.07. The first kappa shape index (κ1) is 16.3. The van der Waals surface area contributed by atoms with Crippen molar-refractivity contribution in [2.24, 2.45) is 0 Å². The van der Waals surface area contributed by atoms with E-state index in [2.05, 4.69) is 34.7 Å². The second-order valence-electron chi connectivity index (χ2n) is 5.66. The SMILES string of the molecule is CCOC(=O)C[C@@H]1CCc2cc(Oc3cccc(I)c3)ccc21. The van der Waals surface area contributed by atoms with Crippen molar-refractivity contribution in [3.8, 4) is 11.5 Å². The van der Waals surface area contributed by atoms with Crippen LogP contribution in [0.15, 0.2) is 42.5 Å². The lowest BCUT2D eigenvalue weighted by Crippen LogP contribution is -2.08. The Hall–Kier alpha value is -1.56. The highest BCUT2D eigenvalue weighted by atomic mass is 127. The Kier molecular flexibility index (Phi) is 5.20. The van der Waals surface area contributed by atoms with Crippen LogP contribution in [0.5, 0.6) is 11.5 Å². The normalized spacial score (nSPS) is 16.0. The number of benzene rings is 2. The lowest BCUT2D eigenvalue weighted by molar-refractivity contribution is -0.143. The molecule has 120 valence electrons. The van der Waals surface area contributed by atoms with E-state index < -0.39 is 0 Å². The molecular weight excluding hydrogens is 403 g/mol. The number of carbonyl (C=O) groups excluding carboxylic acids is 1. The van der Waals surface area contributed by atoms with E-state index >= 15 is 0 Å². The summed E-state index contributed by atoms with van der Waals surface area (Å²) in [6, 6.07) is 14.2. The van der Waals surface area contributed by atoms with Crippen LogP contribution in [-0.2, 0) is 16.0 Å². The Balaban J connectivity index is 1.72. The molecule has 0 amide bonds. The third kappa shape index (κ3) is 4.05. The van der Waals surface area contributed by atoms with E-state index in [1.807, 2.05) is 37.3 Å². The number of fused-ring (bicyclic) bond motifs is 1. The van der Waals surface area contributed by atoms with Crippen molar-refractivity contribution in [1.29, 1.82) is 0 Å². The van der Waals surface area contributed by atoms with Gasteiger partial charge in [0.15, 0.2) is 0 Å². The van der Waals surface area contributed by atoms with Crippen molar-refractivity contribution >= 4 is 28.6 Å². The van der Waals surface area contributed by atoms with Crippen molar-refractivity contribution in [3.05, 3.63) is 57.2 Å². The molecule has 23 heavy (non-hydrogen) atoms. The van der Waals surface area contributed by atoms with E-state index in [4.69, 9.17) is 9.47 Å². The van der Waals surface area contributed by atoms with Gasteiger partial charge in [0.05, 0.1) is 13.0 Å². The predicted molar refractivity (Wildman–Crippen MR) is 98.0 cm³/mol. The van der Waals surface area contributed by atoms with E-state index in [-0.39, 0.29) is 11.9 Å². The van der Waals surface area contributed by atoms with Crippen LogP contribution in [0, 0.1) is 3.57 Å². The molecule has 0 radical (unpaired) electrons. The van der Waals surface area contributed by atoms with E-state index in [1.165, 1.54) is 11.1 Å². The first-order chi connectivity index (χ1) is 11.2. The molecule has 2 aromatic carbocycles. The standard InChI is InChI=1S/C19H19IO3/c1-2-22-19(21)11-14-7-6-13-10-17(8-9-18(13)14)23-16-5-3-4-15(20)12-16/h3-5,8-10,12,14H,2,6-7,11H2,1H3/t14-/m0/s1. The van der Waals surface area contributed by atoms with Crippen LogP contribution in [0.1, 0.15) is 36.8 Å². The van der Waals surface area contributed by atoms with Gasteiger partial charge in [0.1, 0.15) is 11.5 Å². The number of esters is 1. The van der Waals surface area contributed by atoms with Gasteiger partial charge in [-0.25, -0.2) is 0 Å².